The van der Waals surface area contributed by atoms with Gasteiger partial charge in [-0.15, -0.1) is 0 Å². The molecule has 0 aromatic carbocycles. The molecule has 0 aliphatic heterocycles. The van der Waals surface area contributed by atoms with Gasteiger partial charge in [0.25, 0.3) is 0 Å². The molecule has 0 amide bonds. The lowest BCUT2D eigenvalue weighted by Gasteiger charge is -2.14. The van der Waals surface area contributed by atoms with Crippen LogP contribution in [-0.4, -0.2) is 9.79 Å². The van der Waals surface area contributed by atoms with Crippen molar-refractivity contribution in [2.45, 2.75) is 122 Å². The second kappa shape index (κ2) is 17.2. The number of unbranched alkanes of at least 4 members (excludes halogenated alkanes) is 15. The second-order valence-corrected chi connectivity index (χ2v) is 10.2. The van der Waals surface area contributed by atoms with Crippen molar-refractivity contribution >= 4 is 7.94 Å². The fourth-order valence-electron chi connectivity index (χ4n) is 3.82. The van der Waals surface area contributed by atoms with Crippen LogP contribution in [0, 0.1) is 0 Å². The first kappa shape index (κ1) is 26.5. The average molecular weight is 427 g/mol. The average Bonchev–Trinajstić information content (AvgIpc) is 2.68. The first-order valence-electron chi connectivity index (χ1n) is 12.0. The molecule has 0 atom stereocenters. The lowest BCUT2D eigenvalue weighted by Crippen LogP contribution is -2.32. The van der Waals surface area contributed by atoms with E-state index in [1.807, 2.05) is 24.5 Å². The second-order valence-electron chi connectivity index (χ2n) is 8.57. The number of hydrogen-bond donors (Lipinski definition) is 2. The zero-order valence-electron chi connectivity index (χ0n) is 18.7. The molecule has 5 heteroatoms. The van der Waals surface area contributed by atoms with Crippen LogP contribution < -0.4 is 9.46 Å². The van der Waals surface area contributed by atoms with E-state index in [0.717, 1.165) is 6.54 Å². The highest BCUT2D eigenvalue weighted by Gasteiger charge is 2.19. The van der Waals surface area contributed by atoms with Gasteiger partial charge in [-0.05, 0) is 6.42 Å². The van der Waals surface area contributed by atoms with Crippen molar-refractivity contribution in [3.63, 3.8) is 0 Å². The van der Waals surface area contributed by atoms with Crippen molar-refractivity contribution in [3.8, 4) is 0 Å². The summed E-state index contributed by atoms with van der Waals surface area (Å²) in [5.74, 6) is 0. The summed E-state index contributed by atoms with van der Waals surface area (Å²) in [4.78, 5) is 29.0. The molecule has 0 aliphatic carbocycles. The van der Waals surface area contributed by atoms with Crippen LogP contribution in [0.1, 0.15) is 115 Å². The third-order valence-corrected chi connectivity index (χ3v) is 6.40. The minimum atomic E-state index is -3.97. The molecule has 168 valence electrons. The number of rotatable bonds is 19. The fraction of sp³-hybridized carbons (Fsp3) is 0.792. The first-order valence-corrected chi connectivity index (χ1v) is 13.8. The smallest absolute Gasteiger partial charge is 0.234 e. The van der Waals surface area contributed by atoms with Gasteiger partial charge in [-0.2, -0.15) is 0 Å². The molecule has 1 aromatic rings. The normalized spacial score (nSPS) is 11.9. The number of aryl methyl sites for hydroxylation is 1. The Hall–Kier alpha value is -0.540. The molecule has 0 saturated heterocycles. The first-order chi connectivity index (χ1) is 14.0. The van der Waals surface area contributed by atoms with E-state index in [1.165, 1.54) is 103 Å². The summed E-state index contributed by atoms with van der Waals surface area (Å²) in [5.41, 5.74) is 0.696. The van der Waals surface area contributed by atoms with Crippen LogP contribution in [0.3, 0.4) is 0 Å². The predicted molar refractivity (Wildman–Crippen MR) is 121 cm³/mol. The Morgan fingerprint density at radius 1 is 0.690 bits per heavy atom. The van der Waals surface area contributed by atoms with Gasteiger partial charge in [0.15, 0.2) is 12.4 Å². The monoisotopic (exact) mass is 426 g/mol. The highest BCUT2D eigenvalue weighted by atomic mass is 31.2. The number of aromatic nitrogens is 1. The zero-order valence-corrected chi connectivity index (χ0v) is 19.6. The third kappa shape index (κ3) is 16.9. The van der Waals surface area contributed by atoms with Gasteiger partial charge in [0.2, 0.25) is 7.94 Å². The van der Waals surface area contributed by atoms with E-state index in [1.54, 1.807) is 0 Å². The van der Waals surface area contributed by atoms with Crippen LogP contribution in [0.25, 0.3) is 0 Å². The maximum atomic E-state index is 11.0. The van der Waals surface area contributed by atoms with Crippen LogP contribution >= 0.6 is 7.94 Å². The van der Waals surface area contributed by atoms with Gasteiger partial charge < -0.3 is 4.89 Å². The van der Waals surface area contributed by atoms with Gasteiger partial charge in [0, 0.05) is 24.1 Å². The highest BCUT2D eigenvalue weighted by Crippen LogP contribution is 2.42. The fourth-order valence-corrected chi connectivity index (χ4v) is 4.51. The molecule has 1 rings (SSSR count). The molecule has 4 nitrogen and oxygen atoms in total. The van der Waals surface area contributed by atoms with E-state index in [2.05, 4.69) is 11.5 Å². The quantitative estimate of drug-likeness (QED) is 0.166. The van der Waals surface area contributed by atoms with E-state index < -0.39 is 7.94 Å². The molecule has 0 aliphatic rings. The van der Waals surface area contributed by atoms with E-state index in [9.17, 15) is 4.89 Å². The summed E-state index contributed by atoms with van der Waals surface area (Å²) in [6.07, 6.45) is 25.7. The van der Waals surface area contributed by atoms with Gasteiger partial charge in [0.1, 0.15) is 12.7 Å². The summed E-state index contributed by atoms with van der Waals surface area (Å²) in [7, 11) is -3.97. The van der Waals surface area contributed by atoms with E-state index in [4.69, 9.17) is 9.79 Å². The van der Waals surface area contributed by atoms with Gasteiger partial charge >= 0.3 is 0 Å². The SMILES string of the molecule is CCCCCCCCCCCCCCCCCC[n+]1ccc(C[P+]([O-])(O)O)cc1. The highest BCUT2D eigenvalue weighted by molar-refractivity contribution is 7.56. The molecular formula is C24H45NO3P+. The van der Waals surface area contributed by atoms with Crippen LogP contribution in [0.4, 0.5) is 0 Å². The van der Waals surface area contributed by atoms with Gasteiger partial charge in [-0.25, -0.2) is 14.4 Å². The topological polar surface area (TPSA) is 67.4 Å². The van der Waals surface area contributed by atoms with E-state index >= 15 is 0 Å². The minimum Gasteiger partial charge on any atom is -0.632 e. The van der Waals surface area contributed by atoms with Crippen molar-refractivity contribution in [2.24, 2.45) is 0 Å². The Balaban J connectivity index is 1.85. The van der Waals surface area contributed by atoms with Crippen molar-refractivity contribution in [3.05, 3.63) is 30.1 Å². The summed E-state index contributed by atoms with van der Waals surface area (Å²) in [6.45, 7) is 3.26. The van der Waals surface area contributed by atoms with Gasteiger partial charge in [-0.1, -0.05) is 96.8 Å². The largest absolute Gasteiger partial charge is 0.632 e. The van der Waals surface area contributed by atoms with Crippen LogP contribution in [-0.2, 0) is 12.7 Å². The maximum Gasteiger partial charge on any atom is 0.234 e. The molecule has 0 saturated carbocycles. The third-order valence-electron chi connectivity index (χ3n) is 5.62. The predicted octanol–water partition coefficient (Wildman–Crippen LogP) is 5.84. The maximum absolute atomic E-state index is 11.0. The standard InChI is InChI=1S/C24H44NO3P/c1-2-3-4-5-6-7-8-9-10-11-12-13-14-15-16-17-20-25-21-18-24(19-22-25)23-29(26,27)28/h18-19,21-22H,2-17,20,23H2,1H3,(H-,26,27,28)/p+1. The summed E-state index contributed by atoms with van der Waals surface area (Å²) >= 11 is 0. The number of nitrogens with zero attached hydrogens (tertiary/aromatic N) is 1. The van der Waals surface area contributed by atoms with Crippen molar-refractivity contribution in [1.29, 1.82) is 0 Å². The molecule has 0 fully saturated rings. The van der Waals surface area contributed by atoms with E-state index in [-0.39, 0.29) is 6.16 Å². The number of pyridine rings is 1. The zero-order chi connectivity index (χ0) is 21.2. The molecule has 0 radical (unpaired) electrons. The minimum absolute atomic E-state index is 0.174. The Morgan fingerprint density at radius 2 is 1.07 bits per heavy atom. The van der Waals surface area contributed by atoms with Gasteiger partial charge in [-0.3, -0.25) is 0 Å². The molecule has 2 N–H and O–H groups in total. The lowest BCUT2D eigenvalue weighted by molar-refractivity contribution is -0.697. The lowest BCUT2D eigenvalue weighted by atomic mass is 10.0. The molecule has 29 heavy (non-hydrogen) atoms. The summed E-state index contributed by atoms with van der Waals surface area (Å²) in [6, 6.07) is 3.62. The van der Waals surface area contributed by atoms with Crippen LogP contribution in [0.15, 0.2) is 24.5 Å². The Morgan fingerprint density at radius 3 is 1.45 bits per heavy atom. The van der Waals surface area contributed by atoms with Crippen molar-refractivity contribution in [1.82, 2.24) is 0 Å². The van der Waals surface area contributed by atoms with Crippen LogP contribution in [0.5, 0.6) is 0 Å². The Kier molecular flexibility index (Phi) is 15.7. The summed E-state index contributed by atoms with van der Waals surface area (Å²) in [5, 5.41) is 0. The molecule has 1 heterocycles. The van der Waals surface area contributed by atoms with E-state index in [0.29, 0.717) is 5.56 Å². The molecule has 0 unspecified atom stereocenters. The molecule has 1 aromatic heterocycles. The van der Waals surface area contributed by atoms with Gasteiger partial charge in [0.05, 0.1) is 0 Å². The molecule has 0 spiro atoms. The molecule has 0 bridgehead atoms. The summed E-state index contributed by atoms with van der Waals surface area (Å²) < 4.78 is 2.10. The Labute approximate surface area is 180 Å². The van der Waals surface area contributed by atoms with Crippen LogP contribution in [0.2, 0.25) is 0 Å². The Bertz CT molecular complexity index is 488. The molecular weight excluding hydrogens is 381 g/mol. The number of hydrogen-bond acceptors (Lipinski definition) is 3. The van der Waals surface area contributed by atoms with Crippen molar-refractivity contribution < 1.29 is 19.2 Å². The van der Waals surface area contributed by atoms with Crippen molar-refractivity contribution in [2.75, 3.05) is 0 Å².